The standard InChI is InChI=1S/C11H11NO/c1-13-11-6-9(8-2-3-8)4-5-10(11)7-12/h4-6,8H,2-3H2,1H3. The second kappa shape index (κ2) is 3.10. The molecule has 0 radical (unpaired) electrons. The fourth-order valence-electron chi connectivity index (χ4n) is 1.47. The first-order valence-electron chi connectivity index (χ1n) is 4.43. The molecule has 1 aliphatic carbocycles. The van der Waals surface area contributed by atoms with Crippen LogP contribution in [0.5, 0.6) is 5.75 Å². The maximum atomic E-state index is 8.76. The Labute approximate surface area is 77.8 Å². The minimum atomic E-state index is 0.618. The van der Waals surface area contributed by atoms with Gasteiger partial charge in [0.25, 0.3) is 0 Å². The van der Waals surface area contributed by atoms with Gasteiger partial charge in [-0.1, -0.05) is 6.07 Å². The maximum absolute atomic E-state index is 8.76. The smallest absolute Gasteiger partial charge is 0.136 e. The van der Waals surface area contributed by atoms with E-state index in [4.69, 9.17) is 10.00 Å². The second-order valence-electron chi connectivity index (χ2n) is 3.35. The summed E-state index contributed by atoms with van der Waals surface area (Å²) in [5.41, 5.74) is 1.92. The molecule has 1 aromatic rings. The van der Waals surface area contributed by atoms with E-state index in [-0.39, 0.29) is 0 Å². The van der Waals surface area contributed by atoms with Crippen LogP contribution in [0.25, 0.3) is 0 Å². The highest BCUT2D eigenvalue weighted by Crippen LogP contribution is 2.41. The SMILES string of the molecule is COc1cc(C2CC2)ccc1C#N. The van der Waals surface area contributed by atoms with Crippen molar-refractivity contribution in [3.05, 3.63) is 29.3 Å². The molecule has 0 aromatic heterocycles. The molecule has 13 heavy (non-hydrogen) atoms. The van der Waals surface area contributed by atoms with Crippen molar-refractivity contribution in [3.63, 3.8) is 0 Å². The van der Waals surface area contributed by atoms with Crippen LogP contribution < -0.4 is 4.74 Å². The van der Waals surface area contributed by atoms with Crippen molar-refractivity contribution in [1.29, 1.82) is 5.26 Å². The number of nitriles is 1. The number of hydrogen-bond acceptors (Lipinski definition) is 2. The van der Waals surface area contributed by atoms with Gasteiger partial charge in [-0.2, -0.15) is 5.26 Å². The van der Waals surface area contributed by atoms with Gasteiger partial charge in [0, 0.05) is 0 Å². The molecule has 1 saturated carbocycles. The van der Waals surface area contributed by atoms with Crippen LogP contribution in [0.15, 0.2) is 18.2 Å². The van der Waals surface area contributed by atoms with Crippen molar-refractivity contribution >= 4 is 0 Å². The van der Waals surface area contributed by atoms with Crippen molar-refractivity contribution < 1.29 is 4.74 Å². The lowest BCUT2D eigenvalue weighted by Gasteiger charge is -2.04. The van der Waals surface area contributed by atoms with Gasteiger partial charge in [0.15, 0.2) is 0 Å². The van der Waals surface area contributed by atoms with Gasteiger partial charge >= 0.3 is 0 Å². The van der Waals surface area contributed by atoms with Gasteiger partial charge in [-0.15, -0.1) is 0 Å². The van der Waals surface area contributed by atoms with Crippen molar-refractivity contribution in [2.75, 3.05) is 7.11 Å². The van der Waals surface area contributed by atoms with Gasteiger partial charge in [0.1, 0.15) is 11.8 Å². The normalized spacial score (nSPS) is 15.1. The molecule has 0 spiro atoms. The van der Waals surface area contributed by atoms with Gasteiger partial charge in [-0.25, -0.2) is 0 Å². The van der Waals surface area contributed by atoms with Crippen LogP contribution in [0, 0.1) is 11.3 Å². The number of methoxy groups -OCH3 is 1. The predicted octanol–water partition coefficient (Wildman–Crippen LogP) is 2.44. The molecule has 0 N–H and O–H groups in total. The summed E-state index contributed by atoms with van der Waals surface area (Å²) >= 11 is 0. The maximum Gasteiger partial charge on any atom is 0.136 e. The van der Waals surface area contributed by atoms with Gasteiger partial charge in [0.05, 0.1) is 12.7 Å². The Balaban J connectivity index is 2.38. The minimum absolute atomic E-state index is 0.618. The molecule has 0 aliphatic heterocycles. The van der Waals surface area contributed by atoms with Crippen LogP contribution in [0.3, 0.4) is 0 Å². The van der Waals surface area contributed by atoms with Crippen LogP contribution >= 0.6 is 0 Å². The Kier molecular flexibility index (Phi) is 1.94. The first-order valence-corrected chi connectivity index (χ1v) is 4.43. The summed E-state index contributed by atoms with van der Waals surface area (Å²) in [6, 6.07) is 7.96. The zero-order valence-electron chi connectivity index (χ0n) is 7.58. The number of rotatable bonds is 2. The van der Waals surface area contributed by atoms with E-state index >= 15 is 0 Å². The number of ether oxygens (including phenoxy) is 1. The van der Waals surface area contributed by atoms with E-state index in [0.717, 1.165) is 0 Å². The van der Waals surface area contributed by atoms with E-state index in [9.17, 15) is 0 Å². The Morgan fingerprint density at radius 3 is 2.77 bits per heavy atom. The zero-order chi connectivity index (χ0) is 9.26. The van der Waals surface area contributed by atoms with Crippen LogP contribution in [0.2, 0.25) is 0 Å². The van der Waals surface area contributed by atoms with Gasteiger partial charge < -0.3 is 4.74 Å². The van der Waals surface area contributed by atoms with Crippen LogP contribution in [0.1, 0.15) is 29.9 Å². The quantitative estimate of drug-likeness (QED) is 0.688. The molecule has 1 aliphatic rings. The largest absolute Gasteiger partial charge is 0.495 e. The van der Waals surface area contributed by atoms with Gasteiger partial charge in [-0.05, 0) is 36.5 Å². The van der Waals surface area contributed by atoms with Crippen LogP contribution in [0.4, 0.5) is 0 Å². The first kappa shape index (κ1) is 8.12. The summed E-state index contributed by atoms with van der Waals surface area (Å²) < 4.78 is 5.13. The molecule has 2 nitrogen and oxygen atoms in total. The van der Waals surface area contributed by atoms with E-state index in [2.05, 4.69) is 6.07 Å². The summed E-state index contributed by atoms with van der Waals surface area (Å²) in [7, 11) is 1.60. The van der Waals surface area contributed by atoms with Crippen molar-refractivity contribution in [3.8, 4) is 11.8 Å². The second-order valence-corrected chi connectivity index (χ2v) is 3.35. The van der Waals surface area contributed by atoms with Gasteiger partial charge in [-0.3, -0.25) is 0 Å². The van der Waals surface area contributed by atoms with Crippen molar-refractivity contribution in [2.24, 2.45) is 0 Å². The average Bonchev–Trinajstić information content (AvgIpc) is 3.00. The fourth-order valence-corrected chi connectivity index (χ4v) is 1.47. The summed E-state index contributed by atoms with van der Waals surface area (Å²) in [6.07, 6.45) is 2.55. The first-order chi connectivity index (χ1) is 6.35. The topological polar surface area (TPSA) is 33.0 Å². The lowest BCUT2D eigenvalue weighted by Crippen LogP contribution is -1.89. The zero-order valence-corrected chi connectivity index (χ0v) is 7.58. The van der Waals surface area contributed by atoms with Crippen molar-refractivity contribution in [1.82, 2.24) is 0 Å². The summed E-state index contributed by atoms with van der Waals surface area (Å²) in [5.74, 6) is 1.41. The molecule has 0 unspecified atom stereocenters. The van der Waals surface area contributed by atoms with E-state index in [1.54, 1.807) is 7.11 Å². The monoisotopic (exact) mass is 173 g/mol. The lowest BCUT2D eigenvalue weighted by molar-refractivity contribution is 0.413. The van der Waals surface area contributed by atoms with Crippen LogP contribution in [-0.4, -0.2) is 7.11 Å². The molecule has 2 heteroatoms. The Bertz CT molecular complexity index is 361. The Hall–Kier alpha value is -1.49. The molecule has 0 atom stereocenters. The van der Waals surface area contributed by atoms with E-state index < -0.39 is 0 Å². The van der Waals surface area contributed by atoms with E-state index in [0.29, 0.717) is 17.2 Å². The van der Waals surface area contributed by atoms with Gasteiger partial charge in [0.2, 0.25) is 0 Å². The fraction of sp³-hybridized carbons (Fsp3) is 0.364. The predicted molar refractivity (Wildman–Crippen MR) is 49.7 cm³/mol. The summed E-state index contributed by atoms with van der Waals surface area (Å²) in [6.45, 7) is 0. The molecule has 0 heterocycles. The third kappa shape index (κ3) is 1.50. The Morgan fingerprint density at radius 2 is 2.23 bits per heavy atom. The van der Waals surface area contributed by atoms with E-state index in [1.165, 1.54) is 18.4 Å². The third-order valence-electron chi connectivity index (χ3n) is 2.39. The highest BCUT2D eigenvalue weighted by Gasteiger charge is 2.24. The summed E-state index contributed by atoms with van der Waals surface area (Å²) in [5, 5.41) is 8.76. The molecule has 1 fully saturated rings. The van der Waals surface area contributed by atoms with Crippen molar-refractivity contribution in [2.45, 2.75) is 18.8 Å². The lowest BCUT2D eigenvalue weighted by atomic mass is 10.1. The summed E-state index contributed by atoms with van der Waals surface area (Å²) in [4.78, 5) is 0. The van der Waals surface area contributed by atoms with Crippen LogP contribution in [-0.2, 0) is 0 Å². The molecular weight excluding hydrogens is 162 g/mol. The molecular formula is C11H11NO. The highest BCUT2D eigenvalue weighted by molar-refractivity contribution is 5.46. The number of hydrogen-bond donors (Lipinski definition) is 0. The highest BCUT2D eigenvalue weighted by atomic mass is 16.5. The molecule has 0 bridgehead atoms. The molecule has 66 valence electrons. The number of benzene rings is 1. The molecule has 0 amide bonds. The molecule has 0 saturated heterocycles. The Morgan fingerprint density at radius 1 is 1.46 bits per heavy atom. The molecule has 1 aromatic carbocycles. The van der Waals surface area contributed by atoms with E-state index in [1.807, 2.05) is 18.2 Å². The third-order valence-corrected chi connectivity index (χ3v) is 2.39. The minimum Gasteiger partial charge on any atom is -0.495 e. The number of nitrogens with zero attached hydrogens (tertiary/aromatic N) is 1. The molecule has 2 rings (SSSR count). The average molecular weight is 173 g/mol.